The lowest BCUT2D eigenvalue weighted by molar-refractivity contribution is 0.303. The highest BCUT2D eigenvalue weighted by molar-refractivity contribution is 5.30. The smallest absolute Gasteiger partial charge is 0.255 e. The maximum atomic E-state index is 12.0. The Kier molecular flexibility index (Phi) is 5.59. The fourth-order valence-electron chi connectivity index (χ4n) is 2.74. The Morgan fingerprint density at radius 3 is 2.75 bits per heavy atom. The number of hydrogen-bond acceptors (Lipinski definition) is 4. The van der Waals surface area contributed by atoms with Crippen molar-refractivity contribution >= 4 is 5.95 Å². The highest BCUT2D eigenvalue weighted by atomic mass is 16.1. The Labute approximate surface area is 120 Å². The first-order valence-electron chi connectivity index (χ1n) is 7.82. The molecule has 5 nitrogen and oxygen atoms in total. The van der Waals surface area contributed by atoms with Crippen LogP contribution < -0.4 is 10.9 Å². The fourth-order valence-corrected chi connectivity index (χ4v) is 2.74. The Bertz CT molecular complexity index is 479. The molecule has 112 valence electrons. The average molecular weight is 278 g/mol. The summed E-state index contributed by atoms with van der Waals surface area (Å²) in [5, 5.41) is 3.25. The Morgan fingerprint density at radius 2 is 2.00 bits per heavy atom. The molecule has 1 aliphatic rings. The highest BCUT2D eigenvalue weighted by Crippen LogP contribution is 2.16. The lowest BCUT2D eigenvalue weighted by Crippen LogP contribution is -2.26. The molecule has 5 heteroatoms. The van der Waals surface area contributed by atoms with E-state index < -0.39 is 0 Å². The normalized spacial score (nSPS) is 14.3. The Morgan fingerprint density at radius 1 is 1.25 bits per heavy atom. The van der Waals surface area contributed by atoms with Gasteiger partial charge in [0.1, 0.15) is 0 Å². The van der Waals surface area contributed by atoms with Crippen molar-refractivity contribution in [1.29, 1.82) is 0 Å². The van der Waals surface area contributed by atoms with Crippen molar-refractivity contribution < 1.29 is 0 Å². The van der Waals surface area contributed by atoms with Crippen molar-refractivity contribution in [3.8, 4) is 0 Å². The van der Waals surface area contributed by atoms with Gasteiger partial charge in [0.05, 0.1) is 5.69 Å². The van der Waals surface area contributed by atoms with Crippen LogP contribution in [0, 0.1) is 0 Å². The van der Waals surface area contributed by atoms with Gasteiger partial charge < -0.3 is 10.2 Å². The molecule has 0 amide bonds. The van der Waals surface area contributed by atoms with Crippen LogP contribution in [0.15, 0.2) is 4.79 Å². The average Bonchev–Trinajstić information content (AvgIpc) is 2.47. The molecule has 1 heterocycles. The van der Waals surface area contributed by atoms with Crippen molar-refractivity contribution in [1.82, 2.24) is 14.9 Å². The minimum absolute atomic E-state index is 0.0425. The lowest BCUT2D eigenvalue weighted by atomic mass is 9.97. The molecular weight excluding hydrogens is 252 g/mol. The Hall–Kier alpha value is -1.36. The minimum atomic E-state index is 0.0425. The molecule has 1 aliphatic carbocycles. The quantitative estimate of drug-likeness (QED) is 0.747. The zero-order valence-corrected chi connectivity index (χ0v) is 12.7. The van der Waals surface area contributed by atoms with Gasteiger partial charge >= 0.3 is 0 Å². The monoisotopic (exact) mass is 278 g/mol. The molecule has 1 aromatic rings. The van der Waals surface area contributed by atoms with E-state index in [-0.39, 0.29) is 5.56 Å². The SMILES string of the molecule is CCN(CC)CCCNc1nc2c(c(=O)[nH]1)CCCC2. The Balaban J connectivity index is 1.87. The zero-order chi connectivity index (χ0) is 14.4. The number of anilines is 1. The van der Waals surface area contributed by atoms with E-state index in [0.29, 0.717) is 5.95 Å². The summed E-state index contributed by atoms with van der Waals surface area (Å²) in [5.41, 5.74) is 1.93. The van der Waals surface area contributed by atoms with Gasteiger partial charge in [0.15, 0.2) is 0 Å². The van der Waals surface area contributed by atoms with Gasteiger partial charge in [-0.3, -0.25) is 9.78 Å². The third-order valence-corrected chi connectivity index (χ3v) is 4.03. The van der Waals surface area contributed by atoms with E-state index in [1.54, 1.807) is 0 Å². The molecule has 2 N–H and O–H groups in total. The van der Waals surface area contributed by atoms with Crippen molar-refractivity contribution in [3.63, 3.8) is 0 Å². The molecule has 0 fully saturated rings. The largest absolute Gasteiger partial charge is 0.356 e. The highest BCUT2D eigenvalue weighted by Gasteiger charge is 2.15. The van der Waals surface area contributed by atoms with E-state index in [1.807, 2.05) is 0 Å². The first kappa shape index (κ1) is 15.0. The van der Waals surface area contributed by atoms with Crippen LogP contribution in [0.3, 0.4) is 0 Å². The number of aromatic amines is 1. The summed E-state index contributed by atoms with van der Waals surface area (Å²) in [6.45, 7) is 8.46. The van der Waals surface area contributed by atoms with Crippen LogP contribution in [0.25, 0.3) is 0 Å². The van der Waals surface area contributed by atoms with Gasteiger partial charge in [-0.1, -0.05) is 13.8 Å². The number of nitrogens with zero attached hydrogens (tertiary/aromatic N) is 2. The number of hydrogen-bond donors (Lipinski definition) is 2. The van der Waals surface area contributed by atoms with E-state index in [9.17, 15) is 4.79 Å². The molecule has 0 bridgehead atoms. The summed E-state index contributed by atoms with van der Waals surface area (Å²) in [5.74, 6) is 0.634. The van der Waals surface area contributed by atoms with Crippen LogP contribution in [0.2, 0.25) is 0 Å². The molecule has 2 rings (SSSR count). The third-order valence-electron chi connectivity index (χ3n) is 4.03. The van der Waals surface area contributed by atoms with Crippen LogP contribution in [-0.4, -0.2) is 41.0 Å². The summed E-state index contributed by atoms with van der Waals surface area (Å²) in [6, 6.07) is 0. The predicted octanol–water partition coefficient (Wildman–Crippen LogP) is 1.79. The molecule has 0 aliphatic heterocycles. The summed E-state index contributed by atoms with van der Waals surface area (Å²) in [6.07, 6.45) is 5.12. The minimum Gasteiger partial charge on any atom is -0.356 e. The third kappa shape index (κ3) is 3.82. The van der Waals surface area contributed by atoms with Crippen LogP contribution >= 0.6 is 0 Å². The first-order chi connectivity index (χ1) is 9.74. The van der Waals surface area contributed by atoms with E-state index in [2.05, 4.69) is 34.0 Å². The molecule has 0 atom stereocenters. The lowest BCUT2D eigenvalue weighted by Gasteiger charge is -2.18. The molecule has 0 saturated carbocycles. The van der Waals surface area contributed by atoms with Crippen LogP contribution in [0.1, 0.15) is 44.4 Å². The second-order valence-electron chi connectivity index (χ2n) is 5.35. The van der Waals surface area contributed by atoms with Crippen LogP contribution in [0.5, 0.6) is 0 Å². The number of nitrogens with one attached hydrogen (secondary N) is 2. The number of aromatic nitrogens is 2. The topological polar surface area (TPSA) is 61.0 Å². The van der Waals surface area contributed by atoms with Gasteiger partial charge in [0, 0.05) is 12.1 Å². The maximum absolute atomic E-state index is 12.0. The van der Waals surface area contributed by atoms with E-state index in [4.69, 9.17) is 0 Å². The second-order valence-corrected chi connectivity index (χ2v) is 5.35. The van der Waals surface area contributed by atoms with Gasteiger partial charge in [-0.2, -0.15) is 0 Å². The first-order valence-corrected chi connectivity index (χ1v) is 7.82. The standard InChI is InChI=1S/C15H26N4O/c1-3-19(4-2)11-7-10-16-15-17-13-9-6-5-8-12(13)14(20)18-15/h3-11H2,1-2H3,(H2,16,17,18,20). The van der Waals surface area contributed by atoms with Crippen LogP contribution in [-0.2, 0) is 12.8 Å². The zero-order valence-electron chi connectivity index (χ0n) is 12.7. The molecule has 0 radical (unpaired) electrons. The van der Waals surface area contributed by atoms with Gasteiger partial charge in [-0.25, -0.2) is 4.98 Å². The molecule has 0 spiro atoms. The fraction of sp³-hybridized carbons (Fsp3) is 0.733. The number of fused-ring (bicyclic) bond motifs is 1. The van der Waals surface area contributed by atoms with Gasteiger partial charge in [-0.15, -0.1) is 0 Å². The molecule has 20 heavy (non-hydrogen) atoms. The van der Waals surface area contributed by atoms with E-state index in [0.717, 1.165) is 69.5 Å². The van der Waals surface area contributed by atoms with Gasteiger partial charge in [-0.05, 0) is 51.7 Å². The maximum Gasteiger partial charge on any atom is 0.255 e. The van der Waals surface area contributed by atoms with Crippen molar-refractivity contribution in [2.75, 3.05) is 31.5 Å². The summed E-state index contributed by atoms with van der Waals surface area (Å²) < 4.78 is 0. The second kappa shape index (κ2) is 7.43. The molecule has 0 unspecified atom stereocenters. The van der Waals surface area contributed by atoms with Gasteiger partial charge in [0.25, 0.3) is 5.56 Å². The number of rotatable bonds is 7. The van der Waals surface area contributed by atoms with E-state index >= 15 is 0 Å². The molecule has 0 saturated heterocycles. The summed E-state index contributed by atoms with van der Waals surface area (Å²) in [7, 11) is 0. The van der Waals surface area contributed by atoms with Crippen molar-refractivity contribution in [2.24, 2.45) is 0 Å². The number of H-pyrrole nitrogens is 1. The molecule has 1 aromatic heterocycles. The van der Waals surface area contributed by atoms with Gasteiger partial charge in [0.2, 0.25) is 5.95 Å². The predicted molar refractivity (Wildman–Crippen MR) is 82.4 cm³/mol. The van der Waals surface area contributed by atoms with E-state index in [1.165, 1.54) is 0 Å². The summed E-state index contributed by atoms with van der Waals surface area (Å²) >= 11 is 0. The van der Waals surface area contributed by atoms with Crippen LogP contribution in [0.4, 0.5) is 5.95 Å². The van der Waals surface area contributed by atoms with Crippen molar-refractivity contribution in [3.05, 3.63) is 21.6 Å². The molecular formula is C15H26N4O. The summed E-state index contributed by atoms with van der Waals surface area (Å²) in [4.78, 5) is 21.8. The molecule has 0 aromatic carbocycles. The van der Waals surface area contributed by atoms with Crippen molar-refractivity contribution in [2.45, 2.75) is 46.0 Å². The number of aryl methyl sites for hydroxylation is 1.